The Labute approximate surface area is 95.3 Å². The molecule has 1 saturated heterocycles. The van der Waals surface area contributed by atoms with Crippen molar-refractivity contribution in [1.82, 2.24) is 0 Å². The van der Waals surface area contributed by atoms with Crippen LogP contribution in [0.1, 0.15) is 29.3 Å². The van der Waals surface area contributed by atoms with Crippen LogP contribution in [0.2, 0.25) is 0 Å². The summed E-state index contributed by atoms with van der Waals surface area (Å²) in [5.74, 6) is 2.78. The Kier molecular flexibility index (Phi) is 3.47. The maximum Gasteiger partial charge on any atom is 0.167 e. The molecule has 80 valence electrons. The third kappa shape index (κ3) is 2.25. The number of carbonyl (C=O) groups excluding carboxylic acids is 1. The zero-order chi connectivity index (χ0) is 10.7. The van der Waals surface area contributed by atoms with Gasteiger partial charge in [0.05, 0.1) is 0 Å². The van der Waals surface area contributed by atoms with Gasteiger partial charge in [-0.1, -0.05) is 31.2 Å². The van der Waals surface area contributed by atoms with E-state index in [2.05, 4.69) is 13.0 Å². The van der Waals surface area contributed by atoms with E-state index in [0.717, 1.165) is 29.9 Å². The fraction of sp³-hybridized carbons (Fsp3) is 0.462. The lowest BCUT2D eigenvalue weighted by Gasteiger charge is -2.10. The second kappa shape index (κ2) is 4.84. The van der Waals surface area contributed by atoms with Gasteiger partial charge in [-0.3, -0.25) is 4.79 Å². The van der Waals surface area contributed by atoms with Crippen LogP contribution < -0.4 is 0 Å². The quantitative estimate of drug-likeness (QED) is 0.728. The molecule has 0 aliphatic carbocycles. The van der Waals surface area contributed by atoms with Crippen LogP contribution in [-0.2, 0) is 6.42 Å². The molecule has 15 heavy (non-hydrogen) atoms. The number of hydrogen-bond donors (Lipinski definition) is 0. The summed E-state index contributed by atoms with van der Waals surface area (Å²) in [7, 11) is 0. The van der Waals surface area contributed by atoms with Gasteiger partial charge in [0.2, 0.25) is 0 Å². The van der Waals surface area contributed by atoms with Crippen molar-refractivity contribution in [2.24, 2.45) is 5.92 Å². The van der Waals surface area contributed by atoms with Gasteiger partial charge in [-0.2, -0.15) is 11.8 Å². The second-order valence-electron chi connectivity index (χ2n) is 3.94. The number of thioether (sulfide) groups is 1. The van der Waals surface area contributed by atoms with Gasteiger partial charge in [0.25, 0.3) is 0 Å². The van der Waals surface area contributed by atoms with E-state index in [-0.39, 0.29) is 5.92 Å². The fourth-order valence-electron chi connectivity index (χ4n) is 2.03. The molecule has 1 heterocycles. The summed E-state index contributed by atoms with van der Waals surface area (Å²) >= 11 is 1.90. The molecule has 1 aromatic rings. The summed E-state index contributed by atoms with van der Waals surface area (Å²) < 4.78 is 0. The first-order valence-electron chi connectivity index (χ1n) is 5.52. The maximum absolute atomic E-state index is 12.2. The number of benzene rings is 1. The van der Waals surface area contributed by atoms with Gasteiger partial charge in [-0.05, 0) is 24.2 Å². The summed E-state index contributed by atoms with van der Waals surface area (Å²) in [6, 6.07) is 8.02. The molecule has 1 nitrogen and oxygen atoms in total. The Morgan fingerprint density at radius 3 is 2.93 bits per heavy atom. The summed E-state index contributed by atoms with van der Waals surface area (Å²) in [5, 5.41) is 0. The van der Waals surface area contributed by atoms with E-state index in [1.807, 2.05) is 30.0 Å². The van der Waals surface area contributed by atoms with Crippen molar-refractivity contribution in [3.63, 3.8) is 0 Å². The minimum atomic E-state index is 0.266. The molecule has 2 heteroatoms. The average Bonchev–Trinajstić information content (AvgIpc) is 2.81. The zero-order valence-electron chi connectivity index (χ0n) is 9.03. The zero-order valence-corrected chi connectivity index (χ0v) is 9.85. The third-order valence-corrected chi connectivity index (χ3v) is 4.13. The third-order valence-electron chi connectivity index (χ3n) is 2.96. The van der Waals surface area contributed by atoms with E-state index in [1.165, 1.54) is 5.56 Å². The maximum atomic E-state index is 12.2. The fourth-order valence-corrected chi connectivity index (χ4v) is 3.25. The molecule has 1 atom stereocenters. The van der Waals surface area contributed by atoms with Gasteiger partial charge < -0.3 is 0 Å². The predicted molar refractivity (Wildman–Crippen MR) is 65.6 cm³/mol. The van der Waals surface area contributed by atoms with Crippen molar-refractivity contribution >= 4 is 17.5 Å². The van der Waals surface area contributed by atoms with E-state index in [4.69, 9.17) is 0 Å². The highest BCUT2D eigenvalue weighted by Gasteiger charge is 2.25. The van der Waals surface area contributed by atoms with Gasteiger partial charge in [-0.25, -0.2) is 0 Å². The molecule has 1 unspecified atom stereocenters. The summed E-state index contributed by atoms with van der Waals surface area (Å²) in [6.45, 7) is 2.11. The molecule has 2 rings (SSSR count). The molecule has 0 radical (unpaired) electrons. The number of carbonyl (C=O) groups is 1. The van der Waals surface area contributed by atoms with Crippen molar-refractivity contribution in [2.75, 3.05) is 11.5 Å². The minimum absolute atomic E-state index is 0.266. The van der Waals surface area contributed by atoms with Crippen LogP contribution in [-0.4, -0.2) is 17.3 Å². The highest BCUT2D eigenvalue weighted by molar-refractivity contribution is 7.99. The van der Waals surface area contributed by atoms with Crippen molar-refractivity contribution in [2.45, 2.75) is 19.8 Å². The van der Waals surface area contributed by atoms with E-state index in [1.54, 1.807) is 0 Å². The van der Waals surface area contributed by atoms with Crippen LogP contribution in [0.4, 0.5) is 0 Å². The van der Waals surface area contributed by atoms with Gasteiger partial charge in [0, 0.05) is 17.2 Å². The predicted octanol–water partition coefficient (Wildman–Crippen LogP) is 3.18. The first kappa shape index (κ1) is 10.7. The smallest absolute Gasteiger partial charge is 0.167 e. The van der Waals surface area contributed by atoms with E-state index < -0.39 is 0 Å². The Morgan fingerprint density at radius 1 is 1.47 bits per heavy atom. The van der Waals surface area contributed by atoms with Gasteiger partial charge >= 0.3 is 0 Å². The van der Waals surface area contributed by atoms with E-state index >= 15 is 0 Å². The molecule has 0 spiro atoms. The Balaban J connectivity index is 2.24. The number of Topliss-reactive ketones (excluding diaryl/α,β-unsaturated/α-hetero) is 1. The standard InChI is InChI=1S/C13H16OS/c1-2-10-5-3-4-6-12(10)13(14)11-7-8-15-9-11/h3-6,11H,2,7-9H2,1H3. The van der Waals surface area contributed by atoms with Crippen LogP contribution in [0.15, 0.2) is 24.3 Å². The SMILES string of the molecule is CCc1ccccc1C(=O)C1CCSC1. The lowest BCUT2D eigenvalue weighted by atomic mass is 9.93. The minimum Gasteiger partial charge on any atom is -0.294 e. The average molecular weight is 220 g/mol. The highest BCUT2D eigenvalue weighted by Crippen LogP contribution is 2.27. The molecular formula is C13H16OS. The highest BCUT2D eigenvalue weighted by atomic mass is 32.2. The lowest BCUT2D eigenvalue weighted by Crippen LogP contribution is -2.15. The number of ketones is 1. The van der Waals surface area contributed by atoms with Crippen molar-refractivity contribution in [3.05, 3.63) is 35.4 Å². The molecule has 0 bridgehead atoms. The first-order valence-corrected chi connectivity index (χ1v) is 6.68. The Morgan fingerprint density at radius 2 is 2.27 bits per heavy atom. The summed E-state index contributed by atoms with van der Waals surface area (Å²) in [5.41, 5.74) is 2.15. The van der Waals surface area contributed by atoms with E-state index in [9.17, 15) is 4.79 Å². The molecule has 1 aliphatic heterocycles. The summed E-state index contributed by atoms with van der Waals surface area (Å²) in [4.78, 5) is 12.2. The normalized spacial score (nSPS) is 20.5. The molecular weight excluding hydrogens is 204 g/mol. The number of rotatable bonds is 3. The van der Waals surface area contributed by atoms with Crippen molar-refractivity contribution in [1.29, 1.82) is 0 Å². The van der Waals surface area contributed by atoms with Crippen LogP contribution >= 0.6 is 11.8 Å². The molecule has 1 aromatic carbocycles. The Bertz CT molecular complexity index is 353. The molecule has 1 aliphatic rings. The van der Waals surface area contributed by atoms with Crippen LogP contribution in [0.25, 0.3) is 0 Å². The number of hydrogen-bond acceptors (Lipinski definition) is 2. The van der Waals surface area contributed by atoms with E-state index in [0.29, 0.717) is 5.78 Å². The molecule has 1 fully saturated rings. The lowest BCUT2D eigenvalue weighted by molar-refractivity contribution is 0.0933. The topological polar surface area (TPSA) is 17.1 Å². The first-order chi connectivity index (χ1) is 7.33. The van der Waals surface area contributed by atoms with Crippen LogP contribution in [0.3, 0.4) is 0 Å². The second-order valence-corrected chi connectivity index (χ2v) is 5.09. The molecule has 0 aromatic heterocycles. The Hall–Kier alpha value is -0.760. The molecule has 0 saturated carbocycles. The van der Waals surface area contributed by atoms with Gasteiger partial charge in [0.15, 0.2) is 5.78 Å². The molecule has 0 N–H and O–H groups in total. The summed E-state index contributed by atoms with van der Waals surface area (Å²) in [6.07, 6.45) is 2.00. The van der Waals surface area contributed by atoms with Gasteiger partial charge in [-0.15, -0.1) is 0 Å². The van der Waals surface area contributed by atoms with Gasteiger partial charge in [0.1, 0.15) is 0 Å². The van der Waals surface area contributed by atoms with Crippen molar-refractivity contribution in [3.8, 4) is 0 Å². The van der Waals surface area contributed by atoms with Crippen molar-refractivity contribution < 1.29 is 4.79 Å². The number of aryl methyl sites for hydroxylation is 1. The van der Waals surface area contributed by atoms with Crippen LogP contribution in [0, 0.1) is 5.92 Å². The largest absolute Gasteiger partial charge is 0.294 e. The molecule has 0 amide bonds. The van der Waals surface area contributed by atoms with Crippen LogP contribution in [0.5, 0.6) is 0 Å². The monoisotopic (exact) mass is 220 g/mol.